The van der Waals surface area contributed by atoms with Gasteiger partial charge in [0.1, 0.15) is 23.1 Å². The van der Waals surface area contributed by atoms with Gasteiger partial charge in [0, 0.05) is 6.20 Å². The number of amides is 1. The molecule has 0 bridgehead atoms. The minimum atomic E-state index is -0.427. The van der Waals surface area contributed by atoms with Gasteiger partial charge in [-0.15, -0.1) is 0 Å². The summed E-state index contributed by atoms with van der Waals surface area (Å²) in [5, 5.41) is 7.40. The molecule has 0 saturated carbocycles. The Labute approximate surface area is 179 Å². The number of carbonyl (C=O) groups excluding carboxylic acids is 1. The van der Waals surface area contributed by atoms with Crippen molar-refractivity contribution in [2.75, 3.05) is 5.32 Å². The highest BCUT2D eigenvalue weighted by Gasteiger charge is 2.16. The first kappa shape index (κ1) is 19.8. The molecule has 0 aliphatic rings. The number of aryl methyl sites for hydroxylation is 1. The van der Waals surface area contributed by atoms with Gasteiger partial charge in [0.05, 0.1) is 6.54 Å². The normalized spacial score (nSPS) is 10.7. The first-order chi connectivity index (χ1) is 14.6. The molecule has 4 rings (SSSR count). The third-order valence-electron chi connectivity index (χ3n) is 4.49. The number of para-hydroxylation sites is 1. The number of nitrogens with one attached hydrogen (secondary N) is 1. The molecule has 0 aliphatic heterocycles. The monoisotopic (exact) mass is 421 g/mol. The Kier molecular flexibility index (Phi) is 5.86. The Bertz CT molecular complexity index is 1150. The van der Waals surface area contributed by atoms with Crippen molar-refractivity contribution in [2.45, 2.75) is 20.1 Å². The van der Waals surface area contributed by atoms with Crippen LogP contribution in [0.3, 0.4) is 0 Å². The SMILES string of the molecule is Cc1ccccc1OCc1ccc(C(=O)Nc2nn(Cc3ccccc3)cc2Cl)o1. The molecule has 0 saturated heterocycles. The van der Waals surface area contributed by atoms with Crippen molar-refractivity contribution in [1.82, 2.24) is 9.78 Å². The van der Waals surface area contributed by atoms with E-state index in [9.17, 15) is 4.79 Å². The number of benzene rings is 2. The van der Waals surface area contributed by atoms with Gasteiger partial charge >= 0.3 is 0 Å². The van der Waals surface area contributed by atoms with Crippen LogP contribution in [0.4, 0.5) is 5.82 Å². The number of rotatable bonds is 7. The lowest BCUT2D eigenvalue weighted by molar-refractivity contribution is 0.0992. The molecule has 2 aromatic heterocycles. The summed E-state index contributed by atoms with van der Waals surface area (Å²) in [5.41, 5.74) is 2.11. The number of carbonyl (C=O) groups is 1. The van der Waals surface area contributed by atoms with Crippen LogP contribution in [0.15, 0.2) is 77.3 Å². The summed E-state index contributed by atoms with van der Waals surface area (Å²) < 4.78 is 13.0. The average Bonchev–Trinajstić information content (AvgIpc) is 3.35. The first-order valence-electron chi connectivity index (χ1n) is 9.44. The van der Waals surface area contributed by atoms with Crippen molar-refractivity contribution in [1.29, 1.82) is 0 Å². The van der Waals surface area contributed by atoms with Gasteiger partial charge in [0.15, 0.2) is 11.6 Å². The summed E-state index contributed by atoms with van der Waals surface area (Å²) in [6.45, 7) is 2.75. The number of anilines is 1. The zero-order chi connectivity index (χ0) is 20.9. The third kappa shape index (κ3) is 4.72. The van der Waals surface area contributed by atoms with Crippen LogP contribution in [0, 0.1) is 6.92 Å². The van der Waals surface area contributed by atoms with Gasteiger partial charge in [0.25, 0.3) is 5.91 Å². The molecule has 4 aromatic rings. The molecule has 2 aromatic carbocycles. The summed E-state index contributed by atoms with van der Waals surface area (Å²) in [4.78, 5) is 12.5. The predicted molar refractivity (Wildman–Crippen MR) is 115 cm³/mol. The van der Waals surface area contributed by atoms with Gasteiger partial charge in [-0.25, -0.2) is 0 Å². The number of nitrogens with zero attached hydrogens (tertiary/aromatic N) is 2. The van der Waals surface area contributed by atoms with Gasteiger partial charge in [0.2, 0.25) is 0 Å². The molecule has 0 aliphatic carbocycles. The zero-order valence-corrected chi connectivity index (χ0v) is 17.1. The van der Waals surface area contributed by atoms with Crippen LogP contribution in [0.25, 0.3) is 0 Å². The summed E-state index contributed by atoms with van der Waals surface area (Å²) in [6, 6.07) is 20.9. The Hall–Kier alpha value is -3.51. The smallest absolute Gasteiger partial charge is 0.292 e. The van der Waals surface area contributed by atoms with Crippen LogP contribution in [0.2, 0.25) is 5.02 Å². The molecule has 1 N–H and O–H groups in total. The summed E-state index contributed by atoms with van der Waals surface area (Å²) in [6.07, 6.45) is 1.67. The molecule has 0 spiro atoms. The Morgan fingerprint density at radius 2 is 1.87 bits per heavy atom. The van der Waals surface area contributed by atoms with E-state index in [1.165, 1.54) is 0 Å². The molecule has 6 nitrogen and oxygen atoms in total. The minimum Gasteiger partial charge on any atom is -0.485 e. The van der Waals surface area contributed by atoms with E-state index < -0.39 is 5.91 Å². The fraction of sp³-hybridized carbons (Fsp3) is 0.130. The van der Waals surface area contributed by atoms with Crippen LogP contribution in [-0.4, -0.2) is 15.7 Å². The molecule has 7 heteroatoms. The Balaban J connectivity index is 1.38. The fourth-order valence-corrected chi connectivity index (χ4v) is 3.14. The molecular formula is C23H20ClN3O3. The van der Waals surface area contributed by atoms with E-state index in [-0.39, 0.29) is 18.2 Å². The van der Waals surface area contributed by atoms with Gasteiger partial charge in [-0.2, -0.15) is 5.10 Å². The summed E-state index contributed by atoms with van der Waals surface area (Å²) >= 11 is 6.23. The van der Waals surface area contributed by atoms with E-state index >= 15 is 0 Å². The number of halogens is 1. The molecule has 30 heavy (non-hydrogen) atoms. The van der Waals surface area contributed by atoms with E-state index in [0.717, 1.165) is 16.9 Å². The molecule has 152 valence electrons. The lowest BCUT2D eigenvalue weighted by atomic mass is 10.2. The number of hydrogen-bond donors (Lipinski definition) is 1. The van der Waals surface area contributed by atoms with E-state index in [2.05, 4.69) is 10.4 Å². The van der Waals surface area contributed by atoms with E-state index in [1.807, 2.05) is 61.5 Å². The van der Waals surface area contributed by atoms with Crippen molar-refractivity contribution in [3.05, 3.63) is 101 Å². The van der Waals surface area contributed by atoms with Gasteiger partial charge in [-0.1, -0.05) is 60.1 Å². The largest absolute Gasteiger partial charge is 0.485 e. The molecule has 0 unspecified atom stereocenters. The summed E-state index contributed by atoms with van der Waals surface area (Å²) in [7, 11) is 0. The molecule has 0 fully saturated rings. The van der Waals surface area contributed by atoms with Crippen LogP contribution < -0.4 is 10.1 Å². The standard InChI is InChI=1S/C23H20ClN3O3/c1-16-7-5-6-10-20(16)29-15-18-11-12-21(30-18)23(28)25-22-19(24)14-27(26-22)13-17-8-3-2-4-9-17/h2-12,14H,13,15H2,1H3,(H,25,26,28). The summed E-state index contributed by atoms with van der Waals surface area (Å²) in [5.74, 6) is 1.34. The maximum atomic E-state index is 12.5. The number of furan rings is 1. The van der Waals surface area contributed by atoms with Gasteiger partial charge < -0.3 is 14.5 Å². The predicted octanol–water partition coefficient (Wildman–Crippen LogP) is 5.32. The van der Waals surface area contributed by atoms with E-state index in [0.29, 0.717) is 17.3 Å². The number of hydrogen-bond acceptors (Lipinski definition) is 4. The quantitative estimate of drug-likeness (QED) is 0.438. The molecular weight excluding hydrogens is 402 g/mol. The minimum absolute atomic E-state index is 0.159. The first-order valence-corrected chi connectivity index (χ1v) is 9.81. The third-order valence-corrected chi connectivity index (χ3v) is 4.76. The zero-order valence-electron chi connectivity index (χ0n) is 16.3. The van der Waals surface area contributed by atoms with E-state index in [4.69, 9.17) is 20.8 Å². The lowest BCUT2D eigenvalue weighted by Gasteiger charge is -2.06. The van der Waals surface area contributed by atoms with Gasteiger partial charge in [-0.3, -0.25) is 9.48 Å². The molecule has 1 amide bonds. The second kappa shape index (κ2) is 8.88. The van der Waals surface area contributed by atoms with E-state index in [1.54, 1.807) is 23.0 Å². The van der Waals surface area contributed by atoms with Crippen molar-refractivity contribution in [2.24, 2.45) is 0 Å². The average molecular weight is 422 g/mol. The highest BCUT2D eigenvalue weighted by molar-refractivity contribution is 6.33. The Morgan fingerprint density at radius 1 is 1.10 bits per heavy atom. The number of aromatic nitrogens is 2. The fourth-order valence-electron chi connectivity index (χ4n) is 2.95. The molecule has 0 atom stereocenters. The van der Waals surface area contributed by atoms with Crippen LogP contribution in [-0.2, 0) is 13.2 Å². The Morgan fingerprint density at radius 3 is 2.67 bits per heavy atom. The lowest BCUT2D eigenvalue weighted by Crippen LogP contribution is -2.12. The van der Waals surface area contributed by atoms with Crippen molar-refractivity contribution in [3.63, 3.8) is 0 Å². The molecule has 2 heterocycles. The second-order valence-electron chi connectivity index (χ2n) is 6.78. The maximum Gasteiger partial charge on any atom is 0.292 e. The highest BCUT2D eigenvalue weighted by atomic mass is 35.5. The highest BCUT2D eigenvalue weighted by Crippen LogP contribution is 2.22. The topological polar surface area (TPSA) is 69.3 Å². The van der Waals surface area contributed by atoms with Crippen LogP contribution in [0.5, 0.6) is 5.75 Å². The number of ether oxygens (including phenoxy) is 1. The maximum absolute atomic E-state index is 12.5. The van der Waals surface area contributed by atoms with Crippen molar-refractivity contribution >= 4 is 23.3 Å². The van der Waals surface area contributed by atoms with Gasteiger partial charge in [-0.05, 0) is 36.2 Å². The second-order valence-corrected chi connectivity index (χ2v) is 7.19. The van der Waals surface area contributed by atoms with Crippen LogP contribution >= 0.6 is 11.6 Å². The van der Waals surface area contributed by atoms with Crippen LogP contribution in [0.1, 0.15) is 27.4 Å². The van der Waals surface area contributed by atoms with Crippen molar-refractivity contribution in [3.8, 4) is 5.75 Å². The molecule has 0 radical (unpaired) electrons. The van der Waals surface area contributed by atoms with Crippen molar-refractivity contribution < 1.29 is 13.9 Å².